The van der Waals surface area contributed by atoms with Gasteiger partial charge in [0.15, 0.2) is 5.66 Å². The van der Waals surface area contributed by atoms with Crippen molar-refractivity contribution < 1.29 is 23.5 Å². The Morgan fingerprint density at radius 3 is 2.50 bits per heavy atom. The van der Waals surface area contributed by atoms with Crippen LogP contribution < -0.4 is 4.90 Å². The minimum atomic E-state index is -4.99. The molecule has 1 atom stereocenters. The normalized spacial score (nSPS) is 12.8. The number of rotatable bonds is 5. The SMILES string of the molecule is C=CN(C(=O)C(c1csc2ccc(Cl)cc12)P(=O)(O)O)c1cc(Cl)ccc1F. The molecule has 0 aliphatic carbocycles. The zero-order valence-corrected chi connectivity index (χ0v) is 17.3. The van der Waals surface area contributed by atoms with Gasteiger partial charge in [0, 0.05) is 20.9 Å². The topological polar surface area (TPSA) is 77.8 Å². The maximum atomic E-state index is 14.3. The van der Waals surface area contributed by atoms with E-state index in [1.54, 1.807) is 12.1 Å². The van der Waals surface area contributed by atoms with E-state index in [0.29, 0.717) is 15.1 Å². The minimum absolute atomic E-state index is 0.107. The van der Waals surface area contributed by atoms with Crippen LogP contribution in [0.2, 0.25) is 10.0 Å². The second-order valence-corrected chi connectivity index (χ2v) is 9.29. The third-order valence-corrected chi connectivity index (χ3v) is 6.64. The van der Waals surface area contributed by atoms with E-state index in [0.717, 1.165) is 17.2 Å². The third kappa shape index (κ3) is 4.01. The predicted molar refractivity (Wildman–Crippen MR) is 111 cm³/mol. The first-order valence-corrected chi connectivity index (χ1v) is 11.1. The van der Waals surface area contributed by atoms with Crippen molar-refractivity contribution in [3.63, 3.8) is 0 Å². The van der Waals surface area contributed by atoms with Crippen molar-refractivity contribution in [2.75, 3.05) is 4.90 Å². The van der Waals surface area contributed by atoms with Crippen LogP contribution in [0.15, 0.2) is 54.6 Å². The Morgan fingerprint density at radius 2 is 1.86 bits per heavy atom. The highest BCUT2D eigenvalue weighted by Gasteiger charge is 2.41. The summed E-state index contributed by atoms with van der Waals surface area (Å²) in [4.78, 5) is 33.8. The van der Waals surface area contributed by atoms with Crippen LogP contribution in [0.1, 0.15) is 11.2 Å². The minimum Gasteiger partial charge on any atom is -0.324 e. The van der Waals surface area contributed by atoms with Crippen LogP contribution in [0.4, 0.5) is 10.1 Å². The summed E-state index contributed by atoms with van der Waals surface area (Å²) in [6.45, 7) is 3.48. The number of benzene rings is 2. The molecule has 1 aromatic heterocycles. The van der Waals surface area contributed by atoms with Crippen molar-refractivity contribution in [1.82, 2.24) is 0 Å². The lowest BCUT2D eigenvalue weighted by atomic mass is 10.1. The molecule has 0 aliphatic heterocycles. The Morgan fingerprint density at radius 1 is 1.21 bits per heavy atom. The van der Waals surface area contributed by atoms with E-state index in [9.17, 15) is 23.5 Å². The molecule has 3 aromatic rings. The summed E-state index contributed by atoms with van der Waals surface area (Å²) in [5.41, 5.74) is -2.02. The third-order valence-electron chi connectivity index (χ3n) is 4.02. The molecule has 1 heterocycles. The van der Waals surface area contributed by atoms with Gasteiger partial charge in [-0.05, 0) is 52.7 Å². The Kier molecular flexibility index (Phi) is 5.96. The molecule has 1 amide bonds. The number of amides is 1. The maximum absolute atomic E-state index is 14.3. The van der Waals surface area contributed by atoms with Crippen LogP contribution in [-0.2, 0) is 9.36 Å². The molecule has 1 unspecified atom stereocenters. The van der Waals surface area contributed by atoms with Gasteiger partial charge < -0.3 is 9.79 Å². The maximum Gasteiger partial charge on any atom is 0.342 e. The summed E-state index contributed by atoms with van der Waals surface area (Å²) >= 11 is 13.1. The summed E-state index contributed by atoms with van der Waals surface area (Å²) < 4.78 is 27.2. The summed E-state index contributed by atoms with van der Waals surface area (Å²) in [6, 6.07) is 8.37. The predicted octanol–water partition coefficient (Wildman–Crippen LogP) is 5.74. The van der Waals surface area contributed by atoms with E-state index in [-0.39, 0.29) is 16.3 Å². The first-order chi connectivity index (χ1) is 13.1. The van der Waals surface area contributed by atoms with Gasteiger partial charge in [-0.2, -0.15) is 0 Å². The molecule has 0 spiro atoms. The molecule has 3 rings (SSSR count). The van der Waals surface area contributed by atoms with Crippen molar-refractivity contribution in [2.45, 2.75) is 5.66 Å². The van der Waals surface area contributed by atoms with Crippen molar-refractivity contribution >= 4 is 63.8 Å². The number of carbonyl (C=O) groups excluding carboxylic acids is 1. The zero-order valence-electron chi connectivity index (χ0n) is 14.1. The van der Waals surface area contributed by atoms with Gasteiger partial charge in [0.1, 0.15) is 5.82 Å². The number of anilines is 1. The number of hydrogen-bond acceptors (Lipinski definition) is 3. The fourth-order valence-electron chi connectivity index (χ4n) is 2.80. The smallest absolute Gasteiger partial charge is 0.324 e. The zero-order chi connectivity index (χ0) is 20.6. The standard InChI is InChI=1S/C18H13Cl2FNO4PS/c1-2-22(15-8-11(20)3-5-14(15)21)18(23)17(27(24,25)26)13-9-28-16-6-4-10(19)7-12(13)16/h2-9,17H,1H2,(H2,24,25,26). The molecular weight excluding hydrogens is 447 g/mol. The molecule has 2 N–H and O–H groups in total. The monoisotopic (exact) mass is 459 g/mol. The highest BCUT2D eigenvalue weighted by Crippen LogP contribution is 2.55. The first-order valence-electron chi connectivity index (χ1n) is 7.76. The summed E-state index contributed by atoms with van der Waals surface area (Å²) in [7, 11) is -4.99. The molecular formula is C18H13Cl2FNO4PS. The second-order valence-electron chi connectivity index (χ2n) is 5.81. The quantitative estimate of drug-likeness (QED) is 0.476. The number of halogens is 3. The molecule has 146 valence electrons. The molecule has 5 nitrogen and oxygen atoms in total. The van der Waals surface area contributed by atoms with Crippen molar-refractivity contribution in [2.24, 2.45) is 0 Å². The molecule has 0 bridgehead atoms. The van der Waals surface area contributed by atoms with E-state index in [2.05, 4.69) is 6.58 Å². The van der Waals surface area contributed by atoms with Crippen LogP contribution in [-0.4, -0.2) is 15.7 Å². The fraction of sp³-hybridized carbons (Fsp3) is 0.0556. The summed E-state index contributed by atoms with van der Waals surface area (Å²) in [5, 5.41) is 2.43. The molecule has 0 saturated carbocycles. The molecule has 0 saturated heterocycles. The average Bonchev–Trinajstić information content (AvgIpc) is 3.00. The van der Waals surface area contributed by atoms with E-state index in [1.165, 1.54) is 34.9 Å². The molecule has 0 radical (unpaired) electrons. The lowest BCUT2D eigenvalue weighted by Crippen LogP contribution is -2.31. The summed E-state index contributed by atoms with van der Waals surface area (Å²) in [5.74, 6) is -1.83. The fourth-order valence-corrected chi connectivity index (χ4v) is 5.19. The largest absolute Gasteiger partial charge is 0.342 e. The van der Waals surface area contributed by atoms with Gasteiger partial charge in [-0.3, -0.25) is 14.3 Å². The second kappa shape index (κ2) is 7.95. The lowest BCUT2D eigenvalue weighted by Gasteiger charge is -2.25. The van der Waals surface area contributed by atoms with Crippen molar-refractivity contribution in [1.29, 1.82) is 0 Å². The highest BCUT2D eigenvalue weighted by atomic mass is 35.5. The molecule has 10 heteroatoms. The first kappa shape index (κ1) is 21.0. The van der Waals surface area contributed by atoms with Gasteiger partial charge >= 0.3 is 7.60 Å². The number of nitrogens with zero attached hydrogens (tertiary/aromatic N) is 1. The van der Waals surface area contributed by atoms with E-state index in [4.69, 9.17) is 23.2 Å². The van der Waals surface area contributed by atoms with Gasteiger partial charge in [-0.1, -0.05) is 29.8 Å². The van der Waals surface area contributed by atoms with Gasteiger partial charge in [0.25, 0.3) is 5.91 Å². The van der Waals surface area contributed by atoms with Crippen LogP contribution in [0.5, 0.6) is 0 Å². The molecule has 0 aliphatic rings. The van der Waals surface area contributed by atoms with Crippen LogP contribution in [0.3, 0.4) is 0 Å². The van der Waals surface area contributed by atoms with Gasteiger partial charge in [-0.15, -0.1) is 11.3 Å². The average molecular weight is 460 g/mol. The Balaban J connectivity index is 2.17. The van der Waals surface area contributed by atoms with Gasteiger partial charge in [-0.25, -0.2) is 4.39 Å². The number of fused-ring (bicyclic) bond motifs is 1. The lowest BCUT2D eigenvalue weighted by molar-refractivity contribution is -0.118. The Bertz CT molecular complexity index is 1130. The Hall–Kier alpha value is -1.73. The number of carbonyl (C=O) groups is 1. The number of hydrogen-bond donors (Lipinski definition) is 2. The molecule has 2 aromatic carbocycles. The highest BCUT2D eigenvalue weighted by molar-refractivity contribution is 7.53. The van der Waals surface area contributed by atoms with Crippen LogP contribution in [0.25, 0.3) is 10.1 Å². The van der Waals surface area contributed by atoms with Crippen molar-refractivity contribution in [3.8, 4) is 0 Å². The van der Waals surface area contributed by atoms with E-state index < -0.39 is 25.0 Å². The van der Waals surface area contributed by atoms with Crippen LogP contribution in [0, 0.1) is 5.82 Å². The molecule has 28 heavy (non-hydrogen) atoms. The van der Waals surface area contributed by atoms with Crippen LogP contribution >= 0.6 is 42.1 Å². The number of thiophene rings is 1. The summed E-state index contributed by atoms with van der Waals surface area (Å²) in [6.07, 6.45) is 0.987. The van der Waals surface area contributed by atoms with E-state index >= 15 is 0 Å². The molecule has 0 fully saturated rings. The van der Waals surface area contributed by atoms with Crippen molar-refractivity contribution in [3.05, 3.63) is 76.0 Å². The van der Waals surface area contributed by atoms with Gasteiger partial charge in [0.05, 0.1) is 5.69 Å². The van der Waals surface area contributed by atoms with Gasteiger partial charge in [0.2, 0.25) is 0 Å². The van der Waals surface area contributed by atoms with E-state index in [1.807, 2.05) is 0 Å². The Labute approximate surface area is 173 Å².